The molecule has 0 aromatic heterocycles. The summed E-state index contributed by atoms with van der Waals surface area (Å²) in [6, 6.07) is 12.0. The second-order valence-electron chi connectivity index (χ2n) is 4.24. The highest BCUT2D eigenvalue weighted by Gasteiger charge is 2.09. The lowest BCUT2D eigenvalue weighted by Crippen LogP contribution is -2.08. The molecule has 2 N–H and O–H groups in total. The van der Waals surface area contributed by atoms with Crippen molar-refractivity contribution in [1.82, 2.24) is 0 Å². The van der Waals surface area contributed by atoms with E-state index in [4.69, 9.17) is 22.1 Å². The fourth-order valence-corrected chi connectivity index (χ4v) is 1.87. The molecule has 0 aliphatic rings. The molecule has 2 rings (SSSR count). The van der Waals surface area contributed by atoms with Crippen LogP contribution in [0, 0.1) is 5.82 Å². The summed E-state index contributed by atoms with van der Waals surface area (Å²) in [5.41, 5.74) is 6.95. The second kappa shape index (κ2) is 6.04. The highest BCUT2D eigenvalue weighted by atomic mass is 35.5. The molecule has 4 heteroatoms. The van der Waals surface area contributed by atoms with E-state index in [1.54, 1.807) is 18.2 Å². The first-order valence-corrected chi connectivity index (χ1v) is 6.47. The maximum Gasteiger partial charge on any atom is 0.184 e. The molecule has 1 atom stereocenters. The summed E-state index contributed by atoms with van der Waals surface area (Å²) < 4.78 is 19.1. The zero-order valence-corrected chi connectivity index (χ0v) is 11.3. The van der Waals surface area contributed by atoms with Gasteiger partial charge in [-0.2, -0.15) is 0 Å². The van der Waals surface area contributed by atoms with Gasteiger partial charge in [-0.25, -0.2) is 4.39 Å². The Kier molecular flexibility index (Phi) is 4.40. The maximum absolute atomic E-state index is 13.7. The SMILES string of the molecule is CC[C@H](N)c1ccc(Oc2cccc(Cl)c2F)cc1. The van der Waals surface area contributed by atoms with Crippen LogP contribution in [0.2, 0.25) is 5.02 Å². The number of hydrogen-bond acceptors (Lipinski definition) is 2. The number of halogens is 2. The number of rotatable bonds is 4. The van der Waals surface area contributed by atoms with Gasteiger partial charge in [0.25, 0.3) is 0 Å². The lowest BCUT2D eigenvalue weighted by atomic mass is 10.1. The quantitative estimate of drug-likeness (QED) is 0.882. The highest BCUT2D eigenvalue weighted by molar-refractivity contribution is 6.30. The molecule has 100 valence electrons. The number of nitrogens with two attached hydrogens (primary N) is 1. The average Bonchev–Trinajstić information content (AvgIpc) is 2.44. The molecule has 0 heterocycles. The molecule has 2 aromatic carbocycles. The van der Waals surface area contributed by atoms with E-state index >= 15 is 0 Å². The molecule has 0 bridgehead atoms. The molecule has 2 nitrogen and oxygen atoms in total. The van der Waals surface area contributed by atoms with Crippen LogP contribution in [-0.4, -0.2) is 0 Å². The van der Waals surface area contributed by atoms with Gasteiger partial charge in [0.15, 0.2) is 11.6 Å². The first-order chi connectivity index (χ1) is 9.11. The normalized spacial score (nSPS) is 12.2. The van der Waals surface area contributed by atoms with Crippen LogP contribution < -0.4 is 10.5 Å². The molecule has 0 spiro atoms. The van der Waals surface area contributed by atoms with Crippen LogP contribution in [-0.2, 0) is 0 Å². The molecular formula is C15H15ClFNO. The molecule has 0 saturated carbocycles. The predicted molar refractivity (Wildman–Crippen MR) is 75.1 cm³/mol. The first kappa shape index (κ1) is 13.8. The van der Waals surface area contributed by atoms with E-state index in [-0.39, 0.29) is 16.8 Å². The molecule has 0 fully saturated rings. The van der Waals surface area contributed by atoms with Gasteiger partial charge in [0.1, 0.15) is 5.75 Å². The monoisotopic (exact) mass is 279 g/mol. The van der Waals surface area contributed by atoms with Gasteiger partial charge in [0.2, 0.25) is 0 Å². The van der Waals surface area contributed by atoms with E-state index in [1.165, 1.54) is 12.1 Å². The second-order valence-corrected chi connectivity index (χ2v) is 4.64. The minimum Gasteiger partial charge on any atom is -0.454 e. The standard InChI is InChI=1S/C15H15ClFNO/c1-2-13(18)10-6-8-11(9-7-10)19-14-5-3-4-12(16)15(14)17/h3-9,13H,2,18H2,1H3/t13-/m0/s1. The van der Waals surface area contributed by atoms with Crippen molar-refractivity contribution < 1.29 is 9.13 Å². The van der Waals surface area contributed by atoms with Crippen LogP contribution in [0.5, 0.6) is 11.5 Å². The predicted octanol–water partition coefficient (Wildman–Crippen LogP) is 4.68. The molecule has 0 unspecified atom stereocenters. The Morgan fingerprint density at radius 1 is 1.21 bits per heavy atom. The molecule has 0 aliphatic heterocycles. The summed E-state index contributed by atoms with van der Waals surface area (Å²) in [7, 11) is 0. The van der Waals surface area contributed by atoms with E-state index in [2.05, 4.69) is 0 Å². The lowest BCUT2D eigenvalue weighted by molar-refractivity contribution is 0.442. The molecule has 19 heavy (non-hydrogen) atoms. The van der Waals surface area contributed by atoms with Crippen molar-refractivity contribution in [3.05, 3.63) is 58.9 Å². The van der Waals surface area contributed by atoms with Gasteiger partial charge >= 0.3 is 0 Å². The molecular weight excluding hydrogens is 265 g/mol. The summed E-state index contributed by atoms with van der Waals surface area (Å²) in [6.07, 6.45) is 0.864. The van der Waals surface area contributed by atoms with E-state index in [0.717, 1.165) is 12.0 Å². The number of hydrogen-bond donors (Lipinski definition) is 1. The van der Waals surface area contributed by atoms with Gasteiger partial charge in [-0.1, -0.05) is 36.7 Å². The van der Waals surface area contributed by atoms with Crippen molar-refractivity contribution in [3.63, 3.8) is 0 Å². The summed E-state index contributed by atoms with van der Waals surface area (Å²) in [5, 5.41) is 0.0436. The number of benzene rings is 2. The van der Waals surface area contributed by atoms with Crippen LogP contribution >= 0.6 is 11.6 Å². The summed E-state index contributed by atoms with van der Waals surface area (Å²) in [5.74, 6) is 0.103. The Balaban J connectivity index is 2.18. The van der Waals surface area contributed by atoms with Gasteiger partial charge in [-0.05, 0) is 36.2 Å². The van der Waals surface area contributed by atoms with E-state index in [1.807, 2.05) is 19.1 Å². The summed E-state index contributed by atoms with van der Waals surface area (Å²) in [6.45, 7) is 2.02. The van der Waals surface area contributed by atoms with Crippen molar-refractivity contribution in [3.8, 4) is 11.5 Å². The Morgan fingerprint density at radius 2 is 1.89 bits per heavy atom. The fourth-order valence-electron chi connectivity index (χ4n) is 1.71. The maximum atomic E-state index is 13.7. The molecule has 0 saturated heterocycles. The van der Waals surface area contributed by atoms with Crippen molar-refractivity contribution in [2.45, 2.75) is 19.4 Å². The third-order valence-electron chi connectivity index (χ3n) is 2.89. The Bertz CT molecular complexity index is 557. The zero-order valence-electron chi connectivity index (χ0n) is 10.6. The summed E-state index contributed by atoms with van der Waals surface area (Å²) in [4.78, 5) is 0. The Morgan fingerprint density at radius 3 is 2.53 bits per heavy atom. The van der Waals surface area contributed by atoms with Crippen LogP contribution in [0.4, 0.5) is 4.39 Å². The van der Waals surface area contributed by atoms with Gasteiger partial charge < -0.3 is 10.5 Å². The van der Waals surface area contributed by atoms with Crippen molar-refractivity contribution >= 4 is 11.6 Å². The van der Waals surface area contributed by atoms with Crippen LogP contribution in [0.1, 0.15) is 24.9 Å². The van der Waals surface area contributed by atoms with Crippen molar-refractivity contribution in [2.24, 2.45) is 5.73 Å². The van der Waals surface area contributed by atoms with Gasteiger partial charge in [0, 0.05) is 6.04 Å². The van der Waals surface area contributed by atoms with E-state index in [9.17, 15) is 4.39 Å². The summed E-state index contributed by atoms with van der Waals surface area (Å²) >= 11 is 5.69. The van der Waals surface area contributed by atoms with Crippen LogP contribution in [0.3, 0.4) is 0 Å². The van der Waals surface area contributed by atoms with E-state index < -0.39 is 5.82 Å². The minimum atomic E-state index is -0.557. The van der Waals surface area contributed by atoms with Gasteiger partial charge in [-0.3, -0.25) is 0 Å². The minimum absolute atomic E-state index is 0.0111. The highest BCUT2D eigenvalue weighted by Crippen LogP contribution is 2.29. The molecule has 0 aliphatic carbocycles. The van der Waals surface area contributed by atoms with Gasteiger partial charge in [-0.15, -0.1) is 0 Å². The Hall–Kier alpha value is -1.58. The molecule has 0 amide bonds. The van der Waals surface area contributed by atoms with Gasteiger partial charge in [0.05, 0.1) is 5.02 Å². The average molecular weight is 280 g/mol. The van der Waals surface area contributed by atoms with Crippen LogP contribution in [0.25, 0.3) is 0 Å². The van der Waals surface area contributed by atoms with Crippen molar-refractivity contribution in [1.29, 1.82) is 0 Å². The third kappa shape index (κ3) is 3.25. The van der Waals surface area contributed by atoms with E-state index in [0.29, 0.717) is 5.75 Å². The Labute approximate surface area is 117 Å². The third-order valence-corrected chi connectivity index (χ3v) is 3.18. The lowest BCUT2D eigenvalue weighted by Gasteiger charge is -2.11. The topological polar surface area (TPSA) is 35.2 Å². The van der Waals surface area contributed by atoms with Crippen molar-refractivity contribution in [2.75, 3.05) is 0 Å². The fraction of sp³-hybridized carbons (Fsp3) is 0.200. The first-order valence-electron chi connectivity index (χ1n) is 6.09. The molecule has 2 aromatic rings. The largest absolute Gasteiger partial charge is 0.454 e. The zero-order chi connectivity index (χ0) is 13.8. The smallest absolute Gasteiger partial charge is 0.184 e. The molecule has 0 radical (unpaired) electrons. The number of ether oxygens (including phenoxy) is 1. The van der Waals surface area contributed by atoms with Crippen LogP contribution in [0.15, 0.2) is 42.5 Å².